The third kappa shape index (κ3) is 2.79. The maximum atomic E-state index is 12.4. The summed E-state index contributed by atoms with van der Waals surface area (Å²) in [6.07, 6.45) is 0.449. The zero-order valence-corrected chi connectivity index (χ0v) is 11.8. The van der Waals surface area contributed by atoms with Crippen molar-refractivity contribution in [1.82, 2.24) is 4.90 Å². The fourth-order valence-electron chi connectivity index (χ4n) is 2.22. The highest BCUT2D eigenvalue weighted by atomic mass is 32.1. The molecule has 2 atom stereocenters. The largest absolute Gasteiger partial charge is 0.467 e. The van der Waals surface area contributed by atoms with Crippen LogP contribution in [0.2, 0.25) is 0 Å². The van der Waals surface area contributed by atoms with E-state index in [4.69, 9.17) is 0 Å². The van der Waals surface area contributed by atoms with E-state index in [1.807, 2.05) is 13.0 Å². The number of hydrogen-bond acceptors (Lipinski definition) is 5. The Morgan fingerprint density at radius 1 is 1.53 bits per heavy atom. The number of aryl methyl sites for hydroxylation is 1. The minimum Gasteiger partial charge on any atom is -0.467 e. The number of hydrogen-bond donors (Lipinski definition) is 1. The average Bonchev–Trinajstić information content (AvgIpc) is 3.03. The molecule has 1 aromatic rings. The molecule has 0 spiro atoms. The summed E-state index contributed by atoms with van der Waals surface area (Å²) in [6.45, 7) is 2.20. The lowest BCUT2D eigenvalue weighted by Gasteiger charge is -2.21. The minimum absolute atomic E-state index is 0.179. The number of carbonyl (C=O) groups excluding carboxylic acids is 2. The van der Waals surface area contributed by atoms with Crippen LogP contribution in [0, 0.1) is 0 Å². The summed E-state index contributed by atoms with van der Waals surface area (Å²) in [6, 6.07) is 3.00. The first kappa shape index (κ1) is 14.0. The van der Waals surface area contributed by atoms with E-state index in [-0.39, 0.29) is 18.9 Å². The van der Waals surface area contributed by atoms with E-state index in [0.29, 0.717) is 4.88 Å². The molecule has 0 aliphatic carbocycles. The lowest BCUT2D eigenvalue weighted by molar-refractivity contribution is -0.145. The second-order valence-electron chi connectivity index (χ2n) is 4.51. The van der Waals surface area contributed by atoms with Crippen LogP contribution in [0.4, 0.5) is 0 Å². The molecule has 1 aromatic heterocycles. The SMILES string of the molecule is CCc1ccc(C(=O)N2CC(O)CC2C(=O)OC)s1. The Bertz CT molecular complexity index is 485. The molecule has 0 saturated carbocycles. The summed E-state index contributed by atoms with van der Waals surface area (Å²) in [4.78, 5) is 27.1. The molecule has 104 valence electrons. The fourth-order valence-corrected chi connectivity index (χ4v) is 3.13. The third-order valence-electron chi connectivity index (χ3n) is 3.23. The summed E-state index contributed by atoms with van der Waals surface area (Å²) in [7, 11) is 1.29. The summed E-state index contributed by atoms with van der Waals surface area (Å²) in [5.41, 5.74) is 0. The summed E-state index contributed by atoms with van der Waals surface area (Å²) in [5, 5.41) is 9.66. The molecule has 1 saturated heterocycles. The number of methoxy groups -OCH3 is 1. The number of aliphatic hydroxyl groups excluding tert-OH is 1. The standard InChI is InChI=1S/C13H17NO4S/c1-3-9-4-5-11(19-9)12(16)14-7-8(15)6-10(14)13(17)18-2/h4-5,8,10,15H,3,6-7H2,1-2H3. The van der Waals surface area contributed by atoms with Gasteiger partial charge in [0.2, 0.25) is 0 Å². The average molecular weight is 283 g/mol. The second kappa shape index (κ2) is 5.71. The lowest BCUT2D eigenvalue weighted by Crippen LogP contribution is -2.40. The monoisotopic (exact) mass is 283 g/mol. The molecule has 1 amide bonds. The van der Waals surface area contributed by atoms with Crippen LogP contribution in [0.25, 0.3) is 0 Å². The Morgan fingerprint density at radius 2 is 2.26 bits per heavy atom. The second-order valence-corrected chi connectivity index (χ2v) is 5.67. The Balaban J connectivity index is 2.19. The number of nitrogens with zero attached hydrogens (tertiary/aromatic N) is 1. The molecule has 1 aliphatic rings. The van der Waals surface area contributed by atoms with Crippen LogP contribution in [0.15, 0.2) is 12.1 Å². The quantitative estimate of drug-likeness (QED) is 0.842. The molecule has 0 bridgehead atoms. The van der Waals surface area contributed by atoms with Gasteiger partial charge in [-0.2, -0.15) is 0 Å². The molecular weight excluding hydrogens is 266 g/mol. The first-order chi connectivity index (χ1) is 9.06. The van der Waals surface area contributed by atoms with E-state index < -0.39 is 18.1 Å². The van der Waals surface area contributed by atoms with E-state index in [1.54, 1.807) is 6.07 Å². The number of aliphatic hydroxyl groups is 1. The zero-order valence-electron chi connectivity index (χ0n) is 11.0. The van der Waals surface area contributed by atoms with Gasteiger partial charge in [-0.05, 0) is 18.6 Å². The normalized spacial score (nSPS) is 22.6. The van der Waals surface area contributed by atoms with E-state index in [1.165, 1.54) is 23.3 Å². The van der Waals surface area contributed by atoms with Gasteiger partial charge in [0.05, 0.1) is 18.1 Å². The van der Waals surface area contributed by atoms with Crippen molar-refractivity contribution in [3.63, 3.8) is 0 Å². The fraction of sp³-hybridized carbons (Fsp3) is 0.538. The van der Waals surface area contributed by atoms with Crippen molar-refractivity contribution < 1.29 is 19.4 Å². The van der Waals surface area contributed by atoms with E-state index in [2.05, 4.69) is 4.74 Å². The predicted molar refractivity (Wildman–Crippen MR) is 71.2 cm³/mol. The van der Waals surface area contributed by atoms with Crippen LogP contribution in [0.5, 0.6) is 0 Å². The molecule has 2 rings (SSSR count). The number of β-amino-alcohol motifs (C(OH)–C–C–N with tert-alkyl or cyclic N) is 1. The Morgan fingerprint density at radius 3 is 2.84 bits per heavy atom. The zero-order chi connectivity index (χ0) is 14.0. The van der Waals surface area contributed by atoms with Gasteiger partial charge in [0.25, 0.3) is 5.91 Å². The van der Waals surface area contributed by atoms with Crippen molar-refractivity contribution in [2.75, 3.05) is 13.7 Å². The molecule has 2 heterocycles. The Labute approximate surface area is 115 Å². The predicted octanol–water partition coefficient (Wildman–Crippen LogP) is 1.06. The van der Waals surface area contributed by atoms with Crippen molar-refractivity contribution in [2.24, 2.45) is 0 Å². The number of rotatable bonds is 3. The van der Waals surface area contributed by atoms with Crippen LogP contribution in [-0.2, 0) is 16.0 Å². The summed E-state index contributed by atoms with van der Waals surface area (Å²) >= 11 is 1.43. The van der Waals surface area contributed by atoms with Gasteiger partial charge in [-0.1, -0.05) is 6.92 Å². The highest BCUT2D eigenvalue weighted by Crippen LogP contribution is 2.25. The van der Waals surface area contributed by atoms with Crippen LogP contribution in [0.1, 0.15) is 27.9 Å². The number of likely N-dealkylation sites (tertiary alicyclic amines) is 1. The molecular formula is C13H17NO4S. The molecule has 19 heavy (non-hydrogen) atoms. The van der Waals surface area contributed by atoms with Crippen molar-refractivity contribution in [3.05, 3.63) is 21.9 Å². The summed E-state index contributed by atoms with van der Waals surface area (Å²) < 4.78 is 4.68. The maximum Gasteiger partial charge on any atom is 0.328 e. The highest BCUT2D eigenvalue weighted by Gasteiger charge is 2.40. The molecule has 0 radical (unpaired) electrons. The van der Waals surface area contributed by atoms with Gasteiger partial charge < -0.3 is 14.7 Å². The van der Waals surface area contributed by atoms with Crippen LogP contribution in [-0.4, -0.2) is 47.7 Å². The van der Waals surface area contributed by atoms with Gasteiger partial charge in [0.1, 0.15) is 6.04 Å². The van der Waals surface area contributed by atoms with Gasteiger partial charge in [0.15, 0.2) is 0 Å². The van der Waals surface area contributed by atoms with Crippen molar-refractivity contribution in [1.29, 1.82) is 0 Å². The first-order valence-corrected chi connectivity index (χ1v) is 7.04. The molecule has 6 heteroatoms. The van der Waals surface area contributed by atoms with Crippen LogP contribution >= 0.6 is 11.3 Å². The van der Waals surface area contributed by atoms with Crippen LogP contribution < -0.4 is 0 Å². The summed E-state index contributed by atoms with van der Waals surface area (Å²) in [5.74, 6) is -0.686. The van der Waals surface area contributed by atoms with Gasteiger partial charge in [-0.25, -0.2) is 4.79 Å². The van der Waals surface area contributed by atoms with Crippen molar-refractivity contribution >= 4 is 23.2 Å². The number of thiophene rings is 1. The Kier molecular flexibility index (Phi) is 4.21. The molecule has 5 nitrogen and oxygen atoms in total. The molecule has 1 fully saturated rings. The lowest BCUT2D eigenvalue weighted by atomic mass is 10.2. The van der Waals surface area contributed by atoms with Gasteiger partial charge >= 0.3 is 5.97 Å². The van der Waals surface area contributed by atoms with Crippen molar-refractivity contribution in [3.8, 4) is 0 Å². The third-order valence-corrected chi connectivity index (χ3v) is 4.45. The number of amides is 1. The van der Waals surface area contributed by atoms with Gasteiger partial charge in [-0.15, -0.1) is 11.3 Å². The minimum atomic E-state index is -0.681. The smallest absolute Gasteiger partial charge is 0.328 e. The van der Waals surface area contributed by atoms with E-state index >= 15 is 0 Å². The van der Waals surface area contributed by atoms with Crippen molar-refractivity contribution in [2.45, 2.75) is 31.9 Å². The van der Waals surface area contributed by atoms with Gasteiger partial charge in [-0.3, -0.25) is 4.79 Å². The number of ether oxygens (including phenoxy) is 1. The molecule has 1 N–H and O–H groups in total. The first-order valence-electron chi connectivity index (χ1n) is 6.22. The molecule has 2 unspecified atom stereocenters. The Hall–Kier alpha value is -1.40. The molecule has 1 aliphatic heterocycles. The van der Waals surface area contributed by atoms with Gasteiger partial charge in [0, 0.05) is 17.8 Å². The highest BCUT2D eigenvalue weighted by molar-refractivity contribution is 7.14. The molecule has 0 aromatic carbocycles. The maximum absolute atomic E-state index is 12.4. The van der Waals surface area contributed by atoms with E-state index in [0.717, 1.165) is 11.3 Å². The number of carbonyl (C=O) groups is 2. The van der Waals surface area contributed by atoms with Crippen LogP contribution in [0.3, 0.4) is 0 Å². The topological polar surface area (TPSA) is 66.8 Å². The van der Waals surface area contributed by atoms with E-state index in [9.17, 15) is 14.7 Å². The number of esters is 1.